The average Bonchev–Trinajstić information content (AvgIpc) is 2.30. The fourth-order valence-corrected chi connectivity index (χ4v) is 2.62. The Kier molecular flexibility index (Phi) is 5.69. The van der Waals surface area contributed by atoms with Crippen molar-refractivity contribution in [1.82, 2.24) is 0 Å². The molecular formula is C13H12Cl2OS. The van der Waals surface area contributed by atoms with Crippen LogP contribution in [0.25, 0.3) is 0 Å². The number of rotatable bonds is 5. The molecule has 0 fully saturated rings. The van der Waals surface area contributed by atoms with Gasteiger partial charge >= 0.3 is 0 Å². The summed E-state index contributed by atoms with van der Waals surface area (Å²) in [6.45, 7) is 7.18. The van der Waals surface area contributed by atoms with Crippen LogP contribution >= 0.6 is 23.2 Å². The van der Waals surface area contributed by atoms with Gasteiger partial charge in [-0.2, -0.15) is 0 Å². The molecule has 0 saturated heterocycles. The number of hydrogen-bond donors (Lipinski definition) is 0. The van der Waals surface area contributed by atoms with Crippen molar-refractivity contribution in [1.29, 1.82) is 0 Å². The fraction of sp³-hybridized carbons (Fsp3) is 0.0769. The Morgan fingerprint density at radius 2 is 2.00 bits per heavy atom. The van der Waals surface area contributed by atoms with Gasteiger partial charge in [0.15, 0.2) is 0 Å². The van der Waals surface area contributed by atoms with Crippen molar-refractivity contribution in [2.75, 3.05) is 0 Å². The predicted octanol–water partition coefficient (Wildman–Crippen LogP) is 4.50. The van der Waals surface area contributed by atoms with Gasteiger partial charge in [-0.3, -0.25) is 4.21 Å². The van der Waals surface area contributed by atoms with E-state index in [0.29, 0.717) is 20.7 Å². The highest BCUT2D eigenvalue weighted by atomic mass is 35.5. The van der Waals surface area contributed by atoms with Gasteiger partial charge in [-0.25, -0.2) is 0 Å². The molecule has 0 radical (unpaired) electrons. The van der Waals surface area contributed by atoms with Crippen LogP contribution < -0.4 is 0 Å². The first-order valence-electron chi connectivity index (χ1n) is 4.86. The Hall–Kier alpha value is -0.830. The highest BCUT2D eigenvalue weighted by Gasteiger charge is 2.06. The lowest BCUT2D eigenvalue weighted by Crippen LogP contribution is -1.97. The smallest absolute Gasteiger partial charge is 0.0595 e. The van der Waals surface area contributed by atoms with Gasteiger partial charge in [-0.05, 0) is 23.8 Å². The van der Waals surface area contributed by atoms with Crippen molar-refractivity contribution in [3.8, 4) is 0 Å². The zero-order valence-corrected chi connectivity index (χ0v) is 11.5. The first kappa shape index (κ1) is 14.2. The molecule has 17 heavy (non-hydrogen) atoms. The van der Waals surface area contributed by atoms with Crippen LogP contribution in [0.15, 0.2) is 54.5 Å². The molecule has 1 atom stereocenters. The molecule has 0 heterocycles. The van der Waals surface area contributed by atoms with E-state index in [2.05, 4.69) is 13.2 Å². The lowest BCUT2D eigenvalue weighted by atomic mass is 10.2. The third-order valence-corrected chi connectivity index (χ3v) is 4.19. The molecule has 0 aliphatic carbocycles. The molecule has 0 N–H and O–H groups in total. The highest BCUT2D eigenvalue weighted by Crippen LogP contribution is 2.23. The molecule has 90 valence electrons. The lowest BCUT2D eigenvalue weighted by Gasteiger charge is -2.04. The first-order valence-corrected chi connectivity index (χ1v) is 6.93. The molecule has 0 aromatic heterocycles. The maximum Gasteiger partial charge on any atom is 0.0595 e. The van der Waals surface area contributed by atoms with Gasteiger partial charge in [0.25, 0.3) is 0 Å². The van der Waals surface area contributed by atoms with Gasteiger partial charge in [-0.1, -0.05) is 54.6 Å². The molecule has 0 amide bonds. The Bertz CT molecular complexity index is 492. The van der Waals surface area contributed by atoms with E-state index in [4.69, 9.17) is 23.2 Å². The molecule has 4 heteroatoms. The summed E-state index contributed by atoms with van der Waals surface area (Å²) in [5, 5.41) is 0.959. The summed E-state index contributed by atoms with van der Waals surface area (Å²) < 4.78 is 12.0. The predicted molar refractivity (Wildman–Crippen MR) is 76.8 cm³/mol. The average molecular weight is 287 g/mol. The summed E-state index contributed by atoms with van der Waals surface area (Å²) in [7, 11) is -1.15. The summed E-state index contributed by atoms with van der Waals surface area (Å²) in [5.41, 5.74) is 0.870. The van der Waals surface area contributed by atoms with Crippen LogP contribution in [-0.4, -0.2) is 4.21 Å². The number of halogens is 2. The second-order valence-electron chi connectivity index (χ2n) is 3.25. The zero-order chi connectivity index (χ0) is 12.8. The SMILES string of the molecule is C=CC=C(C=C)S(=O)Cc1ccc(Cl)c(Cl)c1. The fourth-order valence-electron chi connectivity index (χ4n) is 1.22. The van der Waals surface area contributed by atoms with Crippen molar-refractivity contribution in [3.63, 3.8) is 0 Å². The maximum absolute atomic E-state index is 12.0. The maximum atomic E-state index is 12.0. The van der Waals surface area contributed by atoms with E-state index in [1.165, 1.54) is 0 Å². The molecule has 0 saturated carbocycles. The molecule has 1 aromatic rings. The number of benzene rings is 1. The van der Waals surface area contributed by atoms with Gasteiger partial charge in [0.05, 0.1) is 26.6 Å². The van der Waals surface area contributed by atoms with Gasteiger partial charge in [0.2, 0.25) is 0 Å². The Morgan fingerprint density at radius 1 is 1.29 bits per heavy atom. The van der Waals surface area contributed by atoms with Crippen LogP contribution in [-0.2, 0) is 16.6 Å². The summed E-state index contributed by atoms with van der Waals surface area (Å²) >= 11 is 11.7. The summed E-state index contributed by atoms with van der Waals surface area (Å²) in [6.07, 6.45) is 4.83. The third kappa shape index (κ3) is 4.15. The topological polar surface area (TPSA) is 17.1 Å². The van der Waals surface area contributed by atoms with Crippen molar-refractivity contribution in [2.24, 2.45) is 0 Å². The van der Waals surface area contributed by atoms with Crippen molar-refractivity contribution < 1.29 is 4.21 Å². The van der Waals surface area contributed by atoms with E-state index >= 15 is 0 Å². The van der Waals surface area contributed by atoms with Crippen molar-refractivity contribution in [2.45, 2.75) is 5.75 Å². The summed E-state index contributed by atoms with van der Waals surface area (Å²) in [6, 6.07) is 5.22. The van der Waals surface area contributed by atoms with Crippen LogP contribution in [0.5, 0.6) is 0 Å². The highest BCUT2D eigenvalue weighted by molar-refractivity contribution is 7.88. The molecule has 1 nitrogen and oxygen atoms in total. The van der Waals surface area contributed by atoms with Gasteiger partial charge in [-0.15, -0.1) is 0 Å². The van der Waals surface area contributed by atoms with E-state index in [1.54, 1.807) is 36.4 Å². The van der Waals surface area contributed by atoms with Crippen molar-refractivity contribution >= 4 is 34.0 Å². The Balaban J connectivity index is 2.87. The Labute approximate surface area is 114 Å². The summed E-state index contributed by atoms with van der Waals surface area (Å²) in [4.78, 5) is 0.645. The van der Waals surface area contributed by atoms with Crippen LogP contribution in [0.1, 0.15) is 5.56 Å². The third-order valence-electron chi connectivity index (χ3n) is 2.03. The van der Waals surface area contributed by atoms with Crippen LogP contribution in [0.3, 0.4) is 0 Å². The molecule has 0 aliphatic rings. The molecule has 1 aromatic carbocycles. The molecule has 1 unspecified atom stereocenters. The largest absolute Gasteiger partial charge is 0.254 e. The second kappa shape index (κ2) is 6.80. The van der Waals surface area contributed by atoms with Crippen LogP contribution in [0.2, 0.25) is 10.0 Å². The van der Waals surface area contributed by atoms with Crippen LogP contribution in [0.4, 0.5) is 0 Å². The van der Waals surface area contributed by atoms with Gasteiger partial charge in [0.1, 0.15) is 0 Å². The standard InChI is InChI=1S/C13H12Cl2OS/c1-3-5-11(4-2)17(16)9-10-6-7-12(14)13(15)8-10/h3-8H,1-2,9H2. The number of hydrogen-bond acceptors (Lipinski definition) is 1. The zero-order valence-electron chi connectivity index (χ0n) is 9.16. The van der Waals surface area contributed by atoms with E-state index in [1.807, 2.05) is 0 Å². The number of allylic oxidation sites excluding steroid dienone is 3. The molecule has 0 bridgehead atoms. The summed E-state index contributed by atoms with van der Waals surface area (Å²) in [5.74, 6) is 0.378. The van der Waals surface area contributed by atoms with E-state index in [-0.39, 0.29) is 0 Å². The van der Waals surface area contributed by atoms with Crippen molar-refractivity contribution in [3.05, 3.63) is 70.1 Å². The quantitative estimate of drug-likeness (QED) is 0.729. The normalized spacial score (nSPS) is 13.2. The minimum Gasteiger partial charge on any atom is -0.254 e. The second-order valence-corrected chi connectivity index (χ2v) is 5.51. The molecule has 1 rings (SSSR count). The van der Waals surface area contributed by atoms with E-state index in [9.17, 15) is 4.21 Å². The minimum absolute atomic E-state index is 0.378. The first-order chi connectivity index (χ1) is 8.08. The molecule has 0 aliphatic heterocycles. The van der Waals surface area contributed by atoms with E-state index in [0.717, 1.165) is 5.56 Å². The Morgan fingerprint density at radius 3 is 2.53 bits per heavy atom. The molecule has 0 spiro atoms. The minimum atomic E-state index is -1.15. The van der Waals surface area contributed by atoms with Gasteiger partial charge in [0, 0.05) is 4.91 Å². The monoisotopic (exact) mass is 286 g/mol. The van der Waals surface area contributed by atoms with Gasteiger partial charge < -0.3 is 0 Å². The lowest BCUT2D eigenvalue weighted by molar-refractivity contribution is 0.687. The molecular weight excluding hydrogens is 275 g/mol. The van der Waals surface area contributed by atoms with Crippen LogP contribution in [0, 0.1) is 0 Å². The van der Waals surface area contributed by atoms with E-state index < -0.39 is 10.8 Å².